The Hall–Kier alpha value is -3.58. The molecule has 1 aromatic carbocycles. The van der Waals surface area contributed by atoms with Gasteiger partial charge in [-0.15, -0.1) is 0 Å². The first-order valence-electron chi connectivity index (χ1n) is 11.0. The van der Waals surface area contributed by atoms with Crippen molar-refractivity contribution in [1.82, 2.24) is 25.3 Å². The summed E-state index contributed by atoms with van der Waals surface area (Å²) >= 11 is 0. The molecule has 0 unspecified atom stereocenters. The maximum absolute atomic E-state index is 12.6. The molecule has 5 rings (SSSR count). The van der Waals surface area contributed by atoms with Gasteiger partial charge in [-0.3, -0.25) is 9.97 Å². The van der Waals surface area contributed by atoms with Crippen LogP contribution in [0.1, 0.15) is 35.3 Å². The van der Waals surface area contributed by atoms with Crippen LogP contribution in [0, 0.1) is 6.92 Å². The lowest BCUT2D eigenvalue weighted by Crippen LogP contribution is -2.38. The van der Waals surface area contributed by atoms with Gasteiger partial charge in [0, 0.05) is 28.9 Å². The number of rotatable bonds is 5. The van der Waals surface area contributed by atoms with Gasteiger partial charge in [-0.25, -0.2) is 9.78 Å². The van der Waals surface area contributed by atoms with E-state index in [4.69, 9.17) is 4.74 Å². The van der Waals surface area contributed by atoms with E-state index in [-0.39, 0.29) is 12.0 Å². The minimum Gasteiger partial charge on any atom is -0.460 e. The maximum atomic E-state index is 12.6. The summed E-state index contributed by atoms with van der Waals surface area (Å²) in [7, 11) is 0. The van der Waals surface area contributed by atoms with Crippen molar-refractivity contribution in [3.63, 3.8) is 0 Å². The zero-order valence-electron chi connectivity index (χ0n) is 18.0. The molecule has 4 aromatic rings. The van der Waals surface area contributed by atoms with E-state index < -0.39 is 0 Å². The lowest BCUT2D eigenvalue weighted by atomic mass is 10.0. The van der Waals surface area contributed by atoms with Crippen LogP contribution in [0.25, 0.3) is 33.5 Å². The highest BCUT2D eigenvalue weighted by molar-refractivity contribution is 5.95. The van der Waals surface area contributed by atoms with E-state index in [1.165, 1.54) is 12.8 Å². The van der Waals surface area contributed by atoms with Crippen LogP contribution in [0.4, 0.5) is 0 Å². The van der Waals surface area contributed by atoms with Crippen molar-refractivity contribution in [2.75, 3.05) is 13.2 Å². The number of H-pyrrole nitrogens is 1. The molecule has 0 aliphatic carbocycles. The summed E-state index contributed by atoms with van der Waals surface area (Å²) in [5.74, 6) is -0.346. The average molecular weight is 428 g/mol. The molecular formula is C25H25N5O2. The fourth-order valence-corrected chi connectivity index (χ4v) is 4.11. The Morgan fingerprint density at radius 3 is 2.94 bits per heavy atom. The van der Waals surface area contributed by atoms with Gasteiger partial charge in [0.2, 0.25) is 0 Å². The van der Waals surface area contributed by atoms with Crippen LogP contribution in [-0.2, 0) is 4.74 Å². The molecule has 4 heterocycles. The highest BCUT2D eigenvalue weighted by Crippen LogP contribution is 2.30. The highest BCUT2D eigenvalue weighted by atomic mass is 16.5. The Balaban J connectivity index is 1.41. The number of pyridine rings is 2. The van der Waals surface area contributed by atoms with Crippen molar-refractivity contribution in [3.05, 3.63) is 66.2 Å². The lowest BCUT2D eigenvalue weighted by molar-refractivity contribution is 0.0451. The van der Waals surface area contributed by atoms with E-state index in [1.807, 2.05) is 49.4 Å². The fraction of sp³-hybridized carbons (Fsp3) is 0.280. The molecular weight excluding hydrogens is 402 g/mol. The zero-order chi connectivity index (χ0) is 21.9. The predicted molar refractivity (Wildman–Crippen MR) is 123 cm³/mol. The third-order valence-corrected chi connectivity index (χ3v) is 5.80. The predicted octanol–water partition coefficient (Wildman–Crippen LogP) is 4.29. The van der Waals surface area contributed by atoms with Gasteiger partial charge >= 0.3 is 5.97 Å². The molecule has 32 heavy (non-hydrogen) atoms. The molecule has 0 saturated carbocycles. The third kappa shape index (κ3) is 4.24. The van der Waals surface area contributed by atoms with Crippen molar-refractivity contribution >= 4 is 16.9 Å². The van der Waals surface area contributed by atoms with Crippen LogP contribution >= 0.6 is 0 Å². The number of benzene rings is 1. The summed E-state index contributed by atoms with van der Waals surface area (Å²) in [6.07, 6.45) is 6.63. The summed E-state index contributed by atoms with van der Waals surface area (Å²) in [5, 5.41) is 4.25. The Morgan fingerprint density at radius 2 is 2.09 bits per heavy atom. The first-order valence-corrected chi connectivity index (χ1v) is 11.0. The second kappa shape index (κ2) is 8.88. The summed E-state index contributed by atoms with van der Waals surface area (Å²) in [5.41, 5.74) is 5.63. The van der Waals surface area contributed by atoms with Gasteiger partial charge < -0.3 is 15.0 Å². The molecule has 7 heteroatoms. The highest BCUT2D eigenvalue weighted by Gasteiger charge is 2.17. The molecule has 1 fully saturated rings. The Bertz CT molecular complexity index is 1260. The number of aromatic amines is 1. The smallest absolute Gasteiger partial charge is 0.339 e. The molecule has 1 aliphatic rings. The number of aryl methyl sites for hydroxylation is 1. The summed E-state index contributed by atoms with van der Waals surface area (Å²) in [6.45, 7) is 3.33. The molecule has 0 bridgehead atoms. The Labute approximate surface area is 186 Å². The molecule has 0 amide bonds. The van der Waals surface area contributed by atoms with Crippen LogP contribution < -0.4 is 5.32 Å². The van der Waals surface area contributed by atoms with Gasteiger partial charge in [0.15, 0.2) is 0 Å². The van der Waals surface area contributed by atoms with Crippen molar-refractivity contribution in [2.45, 2.75) is 32.2 Å². The molecule has 162 valence electrons. The van der Waals surface area contributed by atoms with E-state index in [0.29, 0.717) is 12.2 Å². The number of esters is 1. The first kappa shape index (κ1) is 20.3. The molecule has 0 spiro atoms. The number of nitrogens with one attached hydrogen (secondary N) is 2. The van der Waals surface area contributed by atoms with Crippen molar-refractivity contribution in [1.29, 1.82) is 0 Å². The van der Waals surface area contributed by atoms with Gasteiger partial charge in [-0.2, -0.15) is 0 Å². The maximum Gasteiger partial charge on any atom is 0.339 e. The molecule has 0 radical (unpaired) electrons. The Morgan fingerprint density at radius 1 is 1.16 bits per heavy atom. The molecule has 1 aliphatic heterocycles. The fourth-order valence-electron chi connectivity index (χ4n) is 4.11. The summed E-state index contributed by atoms with van der Waals surface area (Å²) < 4.78 is 5.54. The minimum atomic E-state index is -0.346. The number of hydrogen-bond donors (Lipinski definition) is 2. The van der Waals surface area contributed by atoms with E-state index >= 15 is 0 Å². The van der Waals surface area contributed by atoms with E-state index in [9.17, 15) is 4.79 Å². The number of carbonyl (C=O) groups is 1. The van der Waals surface area contributed by atoms with E-state index in [2.05, 4.69) is 25.3 Å². The third-order valence-electron chi connectivity index (χ3n) is 5.80. The standard InChI is InChI=1S/C25H25N5O2/c1-16-5-4-7-22(30-16)24-23(28-15-29-24)17-8-9-21-18(11-17)12-19(13-27-21)25(31)32-14-20-6-2-3-10-26-20/h4-5,7-9,11-13,15,20,26H,2-3,6,10,14H2,1H3,(H,28,29)/t20-/m1/s1. The zero-order valence-corrected chi connectivity index (χ0v) is 18.0. The molecule has 1 atom stereocenters. The second-order valence-corrected chi connectivity index (χ2v) is 8.17. The van der Waals surface area contributed by atoms with Gasteiger partial charge in [0.05, 0.1) is 34.5 Å². The van der Waals surface area contributed by atoms with E-state index in [0.717, 1.165) is 52.2 Å². The number of imidazole rings is 1. The quantitative estimate of drug-likeness (QED) is 0.462. The number of fused-ring (bicyclic) bond motifs is 1. The minimum absolute atomic E-state index is 0.237. The SMILES string of the molecule is Cc1cccc(-c2[nH]cnc2-c2ccc3ncc(C(=O)OC[C@H]4CCCCN4)cc3c2)n1. The van der Waals surface area contributed by atoms with E-state index in [1.54, 1.807) is 12.5 Å². The molecule has 3 aromatic heterocycles. The van der Waals surface area contributed by atoms with Gasteiger partial charge in [0.25, 0.3) is 0 Å². The largest absolute Gasteiger partial charge is 0.460 e. The number of aromatic nitrogens is 4. The number of piperidine rings is 1. The topological polar surface area (TPSA) is 92.8 Å². The van der Waals surface area contributed by atoms with Crippen molar-refractivity contribution in [3.8, 4) is 22.6 Å². The Kier molecular flexibility index (Phi) is 5.64. The van der Waals surface area contributed by atoms with Gasteiger partial charge in [0.1, 0.15) is 6.61 Å². The monoisotopic (exact) mass is 427 g/mol. The lowest BCUT2D eigenvalue weighted by Gasteiger charge is -2.22. The second-order valence-electron chi connectivity index (χ2n) is 8.17. The molecule has 7 nitrogen and oxygen atoms in total. The van der Waals surface area contributed by atoms with Crippen LogP contribution in [0.5, 0.6) is 0 Å². The van der Waals surface area contributed by atoms with Crippen LogP contribution in [0.15, 0.2) is 55.0 Å². The normalized spacial score (nSPS) is 16.2. The number of ether oxygens (including phenoxy) is 1. The van der Waals surface area contributed by atoms with Crippen molar-refractivity contribution < 1.29 is 9.53 Å². The van der Waals surface area contributed by atoms with Crippen LogP contribution in [-0.4, -0.2) is 45.1 Å². The van der Waals surface area contributed by atoms with Crippen molar-refractivity contribution in [2.24, 2.45) is 0 Å². The number of carbonyl (C=O) groups excluding carboxylic acids is 1. The van der Waals surface area contributed by atoms with Crippen LogP contribution in [0.2, 0.25) is 0 Å². The van der Waals surface area contributed by atoms with Gasteiger partial charge in [-0.05, 0) is 56.6 Å². The molecule has 1 saturated heterocycles. The van der Waals surface area contributed by atoms with Gasteiger partial charge in [-0.1, -0.05) is 18.6 Å². The number of nitrogens with zero attached hydrogens (tertiary/aromatic N) is 3. The summed E-state index contributed by atoms with van der Waals surface area (Å²) in [6, 6.07) is 13.9. The van der Waals surface area contributed by atoms with Crippen LogP contribution in [0.3, 0.4) is 0 Å². The number of hydrogen-bond acceptors (Lipinski definition) is 6. The average Bonchev–Trinajstić information content (AvgIpc) is 3.32. The summed E-state index contributed by atoms with van der Waals surface area (Å²) in [4.78, 5) is 29.4. The molecule has 2 N–H and O–H groups in total. The first-order chi connectivity index (χ1) is 15.7.